The number of rotatable bonds is 5. The Morgan fingerprint density at radius 2 is 1.41 bits per heavy atom. The zero-order valence-electron chi connectivity index (χ0n) is 16.4. The Hall–Kier alpha value is -2.95. The van der Waals surface area contributed by atoms with Crippen LogP contribution in [0.15, 0.2) is 72.3 Å². The molecule has 0 amide bonds. The van der Waals surface area contributed by atoms with Crippen LogP contribution < -0.4 is 0 Å². The monoisotopic (exact) mass is 390 g/mol. The van der Waals surface area contributed by atoms with E-state index in [4.69, 9.17) is 10.2 Å². The normalized spacial score (nSPS) is 18.1. The second kappa shape index (κ2) is 9.50. The van der Waals surface area contributed by atoms with Gasteiger partial charge in [-0.3, -0.25) is 0 Å². The molecular formula is C25H26O4. The molecule has 4 heteroatoms. The third kappa shape index (κ3) is 4.91. The van der Waals surface area contributed by atoms with E-state index >= 15 is 0 Å². The first-order valence-corrected chi connectivity index (χ1v) is 9.86. The van der Waals surface area contributed by atoms with Crippen molar-refractivity contribution in [1.82, 2.24) is 0 Å². The second-order valence-electron chi connectivity index (χ2n) is 7.18. The summed E-state index contributed by atoms with van der Waals surface area (Å²) in [6.07, 6.45) is 9.98. The molecule has 0 fully saturated rings. The summed E-state index contributed by atoms with van der Waals surface area (Å²) in [5.41, 5.74) is 5.61. The third-order valence-electron chi connectivity index (χ3n) is 5.15. The van der Waals surface area contributed by atoms with Crippen molar-refractivity contribution < 1.29 is 20.1 Å². The van der Waals surface area contributed by atoms with Crippen molar-refractivity contribution in [1.29, 1.82) is 0 Å². The largest absolute Gasteiger partial charge is 0.478 e. The highest BCUT2D eigenvalue weighted by Gasteiger charge is 2.29. The number of allylic oxidation sites excluding steroid dienone is 3. The highest BCUT2D eigenvalue weighted by molar-refractivity contribution is 5.83. The van der Waals surface area contributed by atoms with Crippen LogP contribution in [0.3, 0.4) is 0 Å². The van der Waals surface area contributed by atoms with E-state index in [9.17, 15) is 9.90 Å². The molecule has 2 unspecified atom stereocenters. The predicted molar refractivity (Wildman–Crippen MR) is 115 cm³/mol. The Morgan fingerprint density at radius 1 is 0.931 bits per heavy atom. The van der Waals surface area contributed by atoms with Crippen LogP contribution in [-0.4, -0.2) is 27.6 Å². The molecule has 0 saturated heterocycles. The van der Waals surface area contributed by atoms with Crippen molar-refractivity contribution >= 4 is 18.1 Å². The fraction of sp³-hybridized carbons (Fsp3) is 0.240. The first kappa shape index (κ1) is 20.8. The van der Waals surface area contributed by atoms with Gasteiger partial charge >= 0.3 is 5.97 Å². The van der Waals surface area contributed by atoms with Gasteiger partial charge in [0.25, 0.3) is 0 Å². The van der Waals surface area contributed by atoms with Crippen LogP contribution in [0, 0.1) is 0 Å². The molecule has 0 spiro atoms. The van der Waals surface area contributed by atoms with E-state index in [1.165, 1.54) is 28.3 Å². The molecule has 2 atom stereocenters. The Bertz CT molecular complexity index is 889. The number of carboxylic acid groups (broad SMARTS) is 1. The van der Waals surface area contributed by atoms with Gasteiger partial charge in [-0.05, 0) is 34.2 Å². The Morgan fingerprint density at radius 3 is 1.79 bits per heavy atom. The fourth-order valence-corrected chi connectivity index (χ4v) is 3.85. The molecule has 0 aromatic heterocycles. The smallest absolute Gasteiger partial charge is 0.328 e. The van der Waals surface area contributed by atoms with Gasteiger partial charge in [-0.25, -0.2) is 4.79 Å². The van der Waals surface area contributed by atoms with Gasteiger partial charge in [0.05, 0.1) is 0 Å². The number of carboxylic acids is 1. The zero-order valence-corrected chi connectivity index (χ0v) is 16.4. The second-order valence-corrected chi connectivity index (χ2v) is 7.18. The Labute approximate surface area is 171 Å². The molecule has 150 valence electrons. The molecule has 2 aliphatic carbocycles. The number of aliphatic hydroxyl groups excluding tert-OH is 1. The summed E-state index contributed by atoms with van der Waals surface area (Å²) in [6, 6.07) is 16.4. The maximum Gasteiger partial charge on any atom is 0.328 e. The minimum absolute atomic E-state index is 0.0168. The number of hydrogen-bond acceptors (Lipinski definition) is 3. The van der Waals surface area contributed by atoms with Crippen molar-refractivity contribution in [2.75, 3.05) is 0 Å². The summed E-state index contributed by atoms with van der Waals surface area (Å²) in [7, 11) is 0. The summed E-state index contributed by atoms with van der Waals surface area (Å²) >= 11 is 0. The van der Waals surface area contributed by atoms with E-state index in [1.54, 1.807) is 0 Å². The minimum atomic E-state index is -1.10. The Balaban J connectivity index is 0.000000353. The topological polar surface area (TPSA) is 77.8 Å². The molecular weight excluding hydrogens is 364 g/mol. The summed E-state index contributed by atoms with van der Waals surface area (Å²) in [6.45, 7) is 1.90. The van der Waals surface area contributed by atoms with Gasteiger partial charge in [0.15, 0.2) is 6.29 Å². The molecule has 3 N–H and O–H groups in total. The van der Waals surface area contributed by atoms with Crippen LogP contribution in [0.25, 0.3) is 12.2 Å². The summed E-state index contributed by atoms with van der Waals surface area (Å²) in [5.74, 6) is -0.859. The van der Waals surface area contributed by atoms with Gasteiger partial charge in [-0.2, -0.15) is 0 Å². The summed E-state index contributed by atoms with van der Waals surface area (Å²) in [5, 5.41) is 25.6. The van der Waals surface area contributed by atoms with Crippen molar-refractivity contribution in [2.45, 2.75) is 37.9 Å². The summed E-state index contributed by atoms with van der Waals surface area (Å²) in [4.78, 5) is 11.4. The molecule has 2 aliphatic rings. The van der Waals surface area contributed by atoms with Gasteiger partial charge in [0.1, 0.15) is 0 Å². The van der Waals surface area contributed by atoms with Crippen molar-refractivity contribution in [3.8, 4) is 0 Å². The highest BCUT2D eigenvalue weighted by atomic mass is 16.5. The first-order chi connectivity index (χ1) is 14.0. The molecule has 2 aromatic rings. The van der Waals surface area contributed by atoms with Crippen LogP contribution in [0.2, 0.25) is 0 Å². The van der Waals surface area contributed by atoms with E-state index in [0.717, 1.165) is 12.0 Å². The van der Waals surface area contributed by atoms with Gasteiger partial charge in [-0.15, -0.1) is 0 Å². The quantitative estimate of drug-likeness (QED) is 0.510. The van der Waals surface area contributed by atoms with E-state index in [2.05, 4.69) is 48.6 Å². The lowest BCUT2D eigenvalue weighted by molar-refractivity contribution is -0.131. The van der Waals surface area contributed by atoms with Gasteiger partial charge in [0.2, 0.25) is 0 Å². The highest BCUT2D eigenvalue weighted by Crippen LogP contribution is 2.45. The van der Waals surface area contributed by atoms with Gasteiger partial charge < -0.3 is 15.3 Å². The minimum Gasteiger partial charge on any atom is -0.478 e. The van der Waals surface area contributed by atoms with E-state index in [1.807, 2.05) is 31.2 Å². The first-order valence-electron chi connectivity index (χ1n) is 9.86. The average Bonchev–Trinajstić information content (AvgIpc) is 3.31. The van der Waals surface area contributed by atoms with Crippen molar-refractivity contribution in [3.63, 3.8) is 0 Å². The SMILES string of the molecule is CCCC(O)O.O=C(O)C=C(C1C=Cc2ccccc21)C1C=Cc2ccccc21. The van der Waals surface area contributed by atoms with Crippen molar-refractivity contribution in [3.05, 3.63) is 94.6 Å². The molecule has 4 nitrogen and oxygen atoms in total. The molecule has 0 heterocycles. The lowest BCUT2D eigenvalue weighted by atomic mass is 9.81. The average molecular weight is 390 g/mol. The molecule has 0 bridgehead atoms. The maximum absolute atomic E-state index is 11.4. The maximum atomic E-state index is 11.4. The Kier molecular flexibility index (Phi) is 6.81. The number of hydrogen-bond donors (Lipinski definition) is 3. The van der Waals surface area contributed by atoms with E-state index in [0.29, 0.717) is 6.42 Å². The number of carbonyl (C=O) groups is 1. The fourth-order valence-electron chi connectivity index (χ4n) is 3.85. The summed E-state index contributed by atoms with van der Waals surface area (Å²) < 4.78 is 0. The number of fused-ring (bicyclic) bond motifs is 2. The molecule has 0 radical (unpaired) electrons. The molecule has 4 rings (SSSR count). The molecule has 2 aromatic carbocycles. The molecule has 0 saturated carbocycles. The standard InChI is InChI=1S/C21H16O2.C4H10O2/c22-21(23)13-20(18-11-9-14-5-1-3-7-16(14)18)19-12-10-15-6-2-4-8-17(15)19;1-2-3-4(5)6/h1-13,18-19H,(H,22,23);4-6H,2-3H2,1H3. The van der Waals surface area contributed by atoms with Crippen LogP contribution >= 0.6 is 0 Å². The molecule has 0 aliphatic heterocycles. The third-order valence-corrected chi connectivity index (χ3v) is 5.15. The van der Waals surface area contributed by atoms with Crippen LogP contribution in [0.1, 0.15) is 53.9 Å². The van der Waals surface area contributed by atoms with Crippen LogP contribution in [-0.2, 0) is 4.79 Å². The van der Waals surface area contributed by atoms with Crippen LogP contribution in [0.4, 0.5) is 0 Å². The number of aliphatic carboxylic acids is 1. The van der Waals surface area contributed by atoms with Gasteiger partial charge in [0, 0.05) is 17.9 Å². The van der Waals surface area contributed by atoms with Crippen molar-refractivity contribution in [2.24, 2.45) is 0 Å². The number of aliphatic hydroxyl groups is 2. The zero-order chi connectivity index (χ0) is 20.8. The van der Waals surface area contributed by atoms with E-state index in [-0.39, 0.29) is 11.8 Å². The van der Waals surface area contributed by atoms with E-state index < -0.39 is 12.3 Å². The van der Waals surface area contributed by atoms with Crippen LogP contribution in [0.5, 0.6) is 0 Å². The lowest BCUT2D eigenvalue weighted by Gasteiger charge is -2.21. The predicted octanol–water partition coefficient (Wildman–Crippen LogP) is 4.72. The lowest BCUT2D eigenvalue weighted by Crippen LogP contribution is -2.08. The molecule has 29 heavy (non-hydrogen) atoms. The number of benzene rings is 2. The van der Waals surface area contributed by atoms with Gasteiger partial charge in [-0.1, -0.05) is 86.2 Å².